The Morgan fingerprint density at radius 3 is 2.11 bits per heavy atom. The van der Waals surface area contributed by atoms with E-state index in [0.717, 1.165) is 5.56 Å². The van der Waals surface area contributed by atoms with Crippen molar-refractivity contribution in [3.05, 3.63) is 29.8 Å². The Kier molecular flexibility index (Phi) is 5.23. The van der Waals surface area contributed by atoms with Crippen molar-refractivity contribution in [3.63, 3.8) is 0 Å². The summed E-state index contributed by atoms with van der Waals surface area (Å²) in [4.78, 5) is 0. The Labute approximate surface area is 112 Å². The third kappa shape index (κ3) is 7.72. The molecule has 108 valence electrons. The monoisotopic (exact) mass is 275 g/mol. The molecular weight excluding hydrogens is 255 g/mol. The average molecular weight is 275 g/mol. The van der Waals surface area contributed by atoms with Crippen LogP contribution in [0.5, 0.6) is 5.75 Å². The lowest BCUT2D eigenvalue weighted by Crippen LogP contribution is -2.35. The van der Waals surface area contributed by atoms with Gasteiger partial charge in [0.15, 0.2) is 0 Å². The summed E-state index contributed by atoms with van der Waals surface area (Å²) in [5.74, 6) is 0.462. The van der Waals surface area contributed by atoms with Crippen LogP contribution in [0.25, 0.3) is 0 Å². The molecule has 2 nitrogen and oxygen atoms in total. The zero-order valence-electron chi connectivity index (χ0n) is 11.5. The van der Waals surface area contributed by atoms with E-state index in [1.807, 2.05) is 12.1 Å². The summed E-state index contributed by atoms with van der Waals surface area (Å²) in [6.07, 6.45) is -5.10. The number of ether oxygens (including phenoxy) is 1. The number of alkyl halides is 3. The van der Waals surface area contributed by atoms with Crippen LogP contribution < -0.4 is 10.1 Å². The number of hydrogen-bond acceptors (Lipinski definition) is 2. The van der Waals surface area contributed by atoms with Gasteiger partial charge >= 0.3 is 6.18 Å². The van der Waals surface area contributed by atoms with Gasteiger partial charge in [-0.2, -0.15) is 13.2 Å². The molecule has 0 heterocycles. The summed E-state index contributed by atoms with van der Waals surface area (Å²) in [5.41, 5.74) is 1.10. The number of halogens is 3. The first kappa shape index (κ1) is 15.8. The molecule has 0 aliphatic heterocycles. The molecule has 0 amide bonds. The summed E-state index contributed by atoms with van der Waals surface area (Å²) in [7, 11) is 0. The summed E-state index contributed by atoms with van der Waals surface area (Å²) in [5, 5.41) is 3.33. The van der Waals surface area contributed by atoms with Crippen LogP contribution >= 0.6 is 0 Å². The van der Waals surface area contributed by atoms with Gasteiger partial charge in [0, 0.05) is 12.1 Å². The molecule has 1 aromatic carbocycles. The van der Waals surface area contributed by atoms with Crippen molar-refractivity contribution in [1.82, 2.24) is 5.32 Å². The first-order valence-electron chi connectivity index (χ1n) is 6.19. The van der Waals surface area contributed by atoms with E-state index in [1.54, 1.807) is 12.1 Å². The maximum absolute atomic E-state index is 11.9. The van der Waals surface area contributed by atoms with Crippen molar-refractivity contribution in [2.75, 3.05) is 6.61 Å². The highest BCUT2D eigenvalue weighted by Gasteiger charge is 2.26. The topological polar surface area (TPSA) is 21.3 Å². The van der Waals surface area contributed by atoms with Gasteiger partial charge in [0.25, 0.3) is 0 Å². The molecule has 0 aromatic heterocycles. The first-order chi connectivity index (χ1) is 8.66. The van der Waals surface area contributed by atoms with E-state index >= 15 is 0 Å². The van der Waals surface area contributed by atoms with Crippen LogP contribution in [0.2, 0.25) is 0 Å². The molecule has 0 saturated carbocycles. The predicted molar refractivity (Wildman–Crippen MR) is 69.2 cm³/mol. The molecule has 0 aliphatic rings. The third-order valence-corrected chi connectivity index (χ3v) is 2.40. The van der Waals surface area contributed by atoms with Crippen LogP contribution in [0.15, 0.2) is 24.3 Å². The zero-order valence-corrected chi connectivity index (χ0v) is 11.5. The summed E-state index contributed by atoms with van der Waals surface area (Å²) in [6.45, 7) is 6.58. The quantitative estimate of drug-likeness (QED) is 0.879. The normalized spacial score (nSPS) is 12.5. The van der Waals surface area contributed by atoms with Gasteiger partial charge in [0.1, 0.15) is 5.75 Å². The highest BCUT2D eigenvalue weighted by molar-refractivity contribution is 5.27. The Bertz CT molecular complexity index is 379. The van der Waals surface area contributed by atoms with Crippen molar-refractivity contribution in [3.8, 4) is 5.75 Å². The minimum absolute atomic E-state index is 0.0296. The number of hydrogen-bond donors (Lipinski definition) is 1. The van der Waals surface area contributed by atoms with Gasteiger partial charge in [-0.25, -0.2) is 0 Å². The predicted octanol–water partition coefficient (Wildman–Crippen LogP) is 3.91. The fourth-order valence-electron chi connectivity index (χ4n) is 1.36. The molecule has 0 unspecified atom stereocenters. The molecule has 1 N–H and O–H groups in total. The van der Waals surface area contributed by atoms with E-state index in [1.165, 1.54) is 0 Å². The highest BCUT2D eigenvalue weighted by atomic mass is 19.4. The maximum atomic E-state index is 11.9. The SMILES string of the molecule is CC(C)(C)NCc1ccc(OCCC(F)(F)F)cc1. The molecule has 0 fully saturated rings. The van der Waals surface area contributed by atoms with Crippen LogP contribution in [0.3, 0.4) is 0 Å². The van der Waals surface area contributed by atoms with E-state index in [4.69, 9.17) is 4.74 Å². The minimum Gasteiger partial charge on any atom is -0.493 e. The van der Waals surface area contributed by atoms with Gasteiger partial charge in [-0.1, -0.05) is 12.1 Å². The number of nitrogens with one attached hydrogen (secondary N) is 1. The first-order valence-corrected chi connectivity index (χ1v) is 6.19. The lowest BCUT2D eigenvalue weighted by molar-refractivity contribution is -0.139. The molecule has 5 heteroatoms. The van der Waals surface area contributed by atoms with E-state index in [9.17, 15) is 13.2 Å². The molecule has 0 spiro atoms. The molecule has 0 atom stereocenters. The molecule has 19 heavy (non-hydrogen) atoms. The van der Waals surface area contributed by atoms with E-state index in [0.29, 0.717) is 12.3 Å². The van der Waals surface area contributed by atoms with Gasteiger partial charge in [0.05, 0.1) is 13.0 Å². The highest BCUT2D eigenvalue weighted by Crippen LogP contribution is 2.20. The number of benzene rings is 1. The largest absolute Gasteiger partial charge is 0.493 e. The molecular formula is C14H20F3NO. The Balaban J connectivity index is 2.39. The molecule has 0 radical (unpaired) electrons. The van der Waals surface area contributed by atoms with E-state index in [2.05, 4.69) is 26.1 Å². The van der Waals surface area contributed by atoms with Crippen molar-refractivity contribution in [2.45, 2.75) is 45.5 Å². The Morgan fingerprint density at radius 1 is 1.05 bits per heavy atom. The van der Waals surface area contributed by atoms with Gasteiger partial charge < -0.3 is 10.1 Å². The van der Waals surface area contributed by atoms with Gasteiger partial charge in [0.2, 0.25) is 0 Å². The zero-order chi connectivity index (χ0) is 14.5. The van der Waals surface area contributed by atoms with Crippen molar-refractivity contribution in [2.24, 2.45) is 0 Å². The van der Waals surface area contributed by atoms with Gasteiger partial charge in [-0.05, 0) is 38.5 Å². The molecule has 1 rings (SSSR count). The second kappa shape index (κ2) is 6.28. The van der Waals surface area contributed by atoms with Crippen LogP contribution in [0.1, 0.15) is 32.8 Å². The van der Waals surface area contributed by atoms with Crippen LogP contribution in [0, 0.1) is 0 Å². The van der Waals surface area contributed by atoms with E-state index < -0.39 is 12.6 Å². The second-order valence-corrected chi connectivity index (χ2v) is 5.46. The number of rotatable bonds is 5. The smallest absolute Gasteiger partial charge is 0.392 e. The molecule has 0 bridgehead atoms. The lowest BCUT2D eigenvalue weighted by atomic mass is 10.1. The minimum atomic E-state index is -4.17. The van der Waals surface area contributed by atoms with Crippen LogP contribution in [0.4, 0.5) is 13.2 Å². The van der Waals surface area contributed by atoms with Crippen molar-refractivity contribution >= 4 is 0 Å². The Hall–Kier alpha value is -1.23. The van der Waals surface area contributed by atoms with Gasteiger partial charge in [-0.3, -0.25) is 0 Å². The van der Waals surface area contributed by atoms with Crippen LogP contribution in [-0.4, -0.2) is 18.3 Å². The second-order valence-electron chi connectivity index (χ2n) is 5.46. The summed E-state index contributed by atoms with van der Waals surface area (Å²) >= 11 is 0. The van der Waals surface area contributed by atoms with Gasteiger partial charge in [-0.15, -0.1) is 0 Å². The summed E-state index contributed by atoms with van der Waals surface area (Å²) < 4.78 is 40.9. The molecule has 1 aromatic rings. The molecule has 0 saturated heterocycles. The third-order valence-electron chi connectivity index (χ3n) is 2.40. The maximum Gasteiger partial charge on any atom is 0.392 e. The van der Waals surface area contributed by atoms with Crippen molar-refractivity contribution < 1.29 is 17.9 Å². The lowest BCUT2D eigenvalue weighted by Gasteiger charge is -2.20. The van der Waals surface area contributed by atoms with Crippen molar-refractivity contribution in [1.29, 1.82) is 0 Å². The Morgan fingerprint density at radius 2 is 1.63 bits per heavy atom. The average Bonchev–Trinajstić information content (AvgIpc) is 2.25. The fraction of sp³-hybridized carbons (Fsp3) is 0.571. The standard InChI is InChI=1S/C14H20F3NO/c1-13(2,3)18-10-11-4-6-12(7-5-11)19-9-8-14(15,16)17/h4-7,18H,8-10H2,1-3H3. The van der Waals surface area contributed by atoms with E-state index in [-0.39, 0.29) is 12.1 Å². The van der Waals surface area contributed by atoms with Crippen LogP contribution in [-0.2, 0) is 6.54 Å². The fourth-order valence-corrected chi connectivity index (χ4v) is 1.36. The summed E-state index contributed by atoms with van der Waals surface area (Å²) in [6, 6.07) is 7.08. The molecule has 0 aliphatic carbocycles.